The van der Waals surface area contributed by atoms with Gasteiger partial charge in [0.25, 0.3) is 0 Å². The minimum atomic E-state index is -4.17. The van der Waals surface area contributed by atoms with Crippen molar-refractivity contribution in [2.24, 2.45) is 0 Å². The first-order chi connectivity index (χ1) is 9.92. The molecule has 2 fully saturated rings. The molecule has 1 N–H and O–H groups in total. The van der Waals surface area contributed by atoms with Gasteiger partial charge >= 0.3 is 6.18 Å². The van der Waals surface area contributed by atoms with E-state index in [-0.39, 0.29) is 6.04 Å². The van der Waals surface area contributed by atoms with Gasteiger partial charge in [-0.15, -0.1) is 0 Å². The Morgan fingerprint density at radius 1 is 1.19 bits per heavy atom. The first-order valence-electron chi connectivity index (χ1n) is 7.27. The second-order valence-electron chi connectivity index (χ2n) is 5.91. The molecule has 0 atom stereocenters. The van der Waals surface area contributed by atoms with Crippen molar-refractivity contribution >= 4 is 21.6 Å². The maximum Gasteiger partial charge on any atom is 0.405 e. The van der Waals surface area contributed by atoms with Gasteiger partial charge in [-0.05, 0) is 43.4 Å². The number of rotatable bonds is 6. The van der Waals surface area contributed by atoms with Gasteiger partial charge in [0.05, 0.1) is 0 Å². The fourth-order valence-electron chi connectivity index (χ4n) is 2.41. The molecule has 1 aromatic carbocycles. The van der Waals surface area contributed by atoms with Crippen LogP contribution in [-0.2, 0) is 6.54 Å². The summed E-state index contributed by atoms with van der Waals surface area (Å²) < 4.78 is 39.0. The van der Waals surface area contributed by atoms with E-state index in [1.807, 2.05) is 12.1 Å². The molecule has 0 spiro atoms. The van der Waals surface area contributed by atoms with Crippen LogP contribution in [0.5, 0.6) is 0 Å². The highest BCUT2D eigenvalue weighted by Gasteiger charge is 2.38. The highest BCUT2D eigenvalue weighted by Crippen LogP contribution is 2.36. The molecule has 2 aliphatic rings. The fraction of sp³-hybridized carbons (Fsp3) is 0.600. The highest BCUT2D eigenvalue weighted by atomic mass is 79.9. The lowest BCUT2D eigenvalue weighted by atomic mass is 10.2. The number of benzene rings is 1. The molecule has 0 heterocycles. The van der Waals surface area contributed by atoms with Gasteiger partial charge in [-0.1, -0.05) is 22.0 Å². The van der Waals surface area contributed by atoms with Crippen LogP contribution >= 0.6 is 15.9 Å². The van der Waals surface area contributed by atoms with Gasteiger partial charge in [-0.25, -0.2) is 0 Å². The molecule has 0 aliphatic heterocycles. The average molecular weight is 363 g/mol. The molecule has 0 bridgehead atoms. The summed E-state index contributed by atoms with van der Waals surface area (Å²) in [6, 6.07) is 6.19. The largest absolute Gasteiger partial charge is 0.405 e. The first-order valence-corrected chi connectivity index (χ1v) is 8.07. The SMILES string of the molecule is FC(F)(F)CN(c1ccc(CNC2CC2)c(Br)c1)C1CC1. The normalized spacial score (nSPS) is 18.9. The Bertz CT molecular complexity index is 510. The predicted molar refractivity (Wildman–Crippen MR) is 80.4 cm³/mol. The van der Waals surface area contributed by atoms with Crippen molar-refractivity contribution in [3.8, 4) is 0 Å². The van der Waals surface area contributed by atoms with E-state index >= 15 is 0 Å². The summed E-state index contributed by atoms with van der Waals surface area (Å²) in [4.78, 5) is 1.48. The van der Waals surface area contributed by atoms with Crippen LogP contribution in [0, 0.1) is 0 Å². The number of hydrogen-bond acceptors (Lipinski definition) is 2. The van der Waals surface area contributed by atoms with Crippen LogP contribution in [0.3, 0.4) is 0 Å². The smallest absolute Gasteiger partial charge is 0.359 e. The Balaban J connectivity index is 1.71. The zero-order valence-corrected chi connectivity index (χ0v) is 13.2. The third-order valence-corrected chi connectivity index (χ3v) is 4.60. The first kappa shape index (κ1) is 15.2. The topological polar surface area (TPSA) is 15.3 Å². The molecule has 21 heavy (non-hydrogen) atoms. The van der Waals surface area contributed by atoms with Crippen molar-refractivity contribution in [3.63, 3.8) is 0 Å². The molecule has 6 heteroatoms. The fourth-order valence-corrected chi connectivity index (χ4v) is 2.92. The highest BCUT2D eigenvalue weighted by molar-refractivity contribution is 9.10. The van der Waals surface area contributed by atoms with Crippen LogP contribution in [0.1, 0.15) is 31.2 Å². The lowest BCUT2D eigenvalue weighted by molar-refractivity contribution is -0.120. The molecule has 0 aromatic heterocycles. The molecule has 2 aliphatic carbocycles. The predicted octanol–water partition coefficient (Wildman–Crippen LogP) is 4.23. The van der Waals surface area contributed by atoms with E-state index in [0.717, 1.165) is 29.4 Å². The number of hydrogen-bond donors (Lipinski definition) is 1. The summed E-state index contributed by atoms with van der Waals surface area (Å²) in [5.41, 5.74) is 1.74. The molecule has 0 saturated heterocycles. The molecule has 2 saturated carbocycles. The van der Waals surface area contributed by atoms with Gasteiger partial charge in [-0.3, -0.25) is 0 Å². The molecule has 0 amide bonds. The quantitative estimate of drug-likeness (QED) is 0.814. The van der Waals surface area contributed by atoms with Crippen LogP contribution in [0.4, 0.5) is 18.9 Å². The van der Waals surface area contributed by atoms with Crippen LogP contribution < -0.4 is 10.2 Å². The maximum atomic E-state index is 12.7. The van der Waals surface area contributed by atoms with Gasteiger partial charge in [0.15, 0.2) is 0 Å². The summed E-state index contributed by atoms with van der Waals surface area (Å²) in [6.45, 7) is -0.113. The average Bonchev–Trinajstić information content (AvgIpc) is 3.26. The van der Waals surface area contributed by atoms with Gasteiger partial charge < -0.3 is 10.2 Å². The number of nitrogens with zero attached hydrogens (tertiary/aromatic N) is 1. The van der Waals surface area contributed by atoms with Crippen molar-refractivity contribution in [3.05, 3.63) is 28.2 Å². The van der Waals surface area contributed by atoms with Gasteiger partial charge in [0.2, 0.25) is 0 Å². The zero-order valence-electron chi connectivity index (χ0n) is 11.6. The Morgan fingerprint density at radius 3 is 2.43 bits per heavy atom. The van der Waals surface area contributed by atoms with E-state index in [1.165, 1.54) is 17.7 Å². The molecule has 2 nitrogen and oxygen atoms in total. The van der Waals surface area contributed by atoms with E-state index in [0.29, 0.717) is 11.7 Å². The summed E-state index contributed by atoms with van der Waals surface area (Å²) in [6.07, 6.45) is -0.0356. The molecular formula is C15H18BrF3N2. The Kier molecular flexibility index (Phi) is 4.19. The van der Waals surface area contributed by atoms with Crippen molar-refractivity contribution in [1.29, 1.82) is 0 Å². The van der Waals surface area contributed by atoms with Crippen LogP contribution in [0.25, 0.3) is 0 Å². The minimum Gasteiger partial charge on any atom is -0.359 e. The van der Waals surface area contributed by atoms with Gasteiger partial charge in [0.1, 0.15) is 6.54 Å². The Morgan fingerprint density at radius 2 is 1.90 bits per heavy atom. The molecular weight excluding hydrogens is 345 g/mol. The van der Waals surface area contributed by atoms with Gasteiger partial charge in [-0.2, -0.15) is 13.2 Å². The summed E-state index contributed by atoms with van der Waals surface area (Å²) >= 11 is 3.49. The monoisotopic (exact) mass is 362 g/mol. The number of anilines is 1. The van der Waals surface area contributed by atoms with E-state index < -0.39 is 12.7 Å². The van der Waals surface area contributed by atoms with Crippen molar-refractivity contribution < 1.29 is 13.2 Å². The molecule has 3 rings (SSSR count). The third-order valence-electron chi connectivity index (χ3n) is 3.86. The van der Waals surface area contributed by atoms with Crippen molar-refractivity contribution in [1.82, 2.24) is 5.32 Å². The standard InChI is InChI=1S/C15H18BrF3N2/c16-14-7-13(4-1-10(14)8-20-11-2-3-11)21(12-5-6-12)9-15(17,18)19/h1,4,7,11-12,20H,2-3,5-6,8-9H2. The van der Waals surface area contributed by atoms with Crippen LogP contribution in [0.2, 0.25) is 0 Å². The Hall–Kier alpha value is -0.750. The van der Waals surface area contributed by atoms with Crippen LogP contribution in [-0.4, -0.2) is 24.8 Å². The third kappa shape index (κ3) is 4.36. The van der Waals surface area contributed by atoms with E-state index in [2.05, 4.69) is 21.2 Å². The number of nitrogens with one attached hydrogen (secondary N) is 1. The lowest BCUT2D eigenvalue weighted by Crippen LogP contribution is -2.36. The summed E-state index contributed by atoms with van der Waals surface area (Å²) in [5, 5.41) is 3.41. The van der Waals surface area contributed by atoms with E-state index in [4.69, 9.17) is 0 Å². The zero-order chi connectivity index (χ0) is 15.0. The molecule has 116 valence electrons. The van der Waals surface area contributed by atoms with E-state index in [1.54, 1.807) is 6.07 Å². The van der Waals surface area contributed by atoms with Crippen LogP contribution in [0.15, 0.2) is 22.7 Å². The molecule has 0 unspecified atom stereocenters. The van der Waals surface area contributed by atoms with Gasteiger partial charge in [0, 0.05) is 28.8 Å². The molecule has 0 radical (unpaired) electrons. The summed E-state index contributed by atoms with van der Waals surface area (Å²) in [5.74, 6) is 0. The molecule has 1 aromatic rings. The number of halogens is 4. The van der Waals surface area contributed by atoms with E-state index in [9.17, 15) is 13.2 Å². The van der Waals surface area contributed by atoms with Crippen molar-refractivity contribution in [2.75, 3.05) is 11.4 Å². The Labute approximate surface area is 130 Å². The van der Waals surface area contributed by atoms with Crippen molar-refractivity contribution in [2.45, 2.75) is 50.5 Å². The second-order valence-corrected chi connectivity index (χ2v) is 6.76. The summed E-state index contributed by atoms with van der Waals surface area (Å²) in [7, 11) is 0. The maximum absolute atomic E-state index is 12.7. The number of alkyl halides is 3. The lowest BCUT2D eigenvalue weighted by Gasteiger charge is -2.26. The second kappa shape index (κ2) is 5.80. The minimum absolute atomic E-state index is 0.0361.